The van der Waals surface area contributed by atoms with Crippen LogP contribution in [-0.2, 0) is 4.79 Å². The van der Waals surface area contributed by atoms with Crippen molar-refractivity contribution in [3.8, 4) is 0 Å². The first-order chi connectivity index (χ1) is 14.3. The van der Waals surface area contributed by atoms with Gasteiger partial charge in [-0.25, -0.2) is 0 Å². The number of carbonyl (C=O) groups is 3. The van der Waals surface area contributed by atoms with Gasteiger partial charge >= 0.3 is 0 Å². The van der Waals surface area contributed by atoms with Crippen LogP contribution in [0.2, 0.25) is 0 Å². The first-order valence-corrected chi connectivity index (χ1v) is 9.27. The minimum atomic E-state index is -0.594. The Bertz CT molecular complexity index is 960. The quantitative estimate of drug-likeness (QED) is 0.313. The standard InChI is InChI=1S/C19H19N5O5S/c1-2-3-16(25)20-14-8-4-13(5-9-14)18(27)22-23-19(30)21-17(26)12-6-10-15(11-7-12)24(28)29/h4-11H,2-3H2,1H3,(H,20,25)(H,22,27)(H2,21,23,26,30). The van der Waals surface area contributed by atoms with E-state index in [0.717, 1.165) is 6.42 Å². The molecule has 2 aromatic carbocycles. The summed E-state index contributed by atoms with van der Waals surface area (Å²) in [6.45, 7) is 1.90. The highest BCUT2D eigenvalue weighted by molar-refractivity contribution is 7.80. The summed E-state index contributed by atoms with van der Waals surface area (Å²) in [6, 6.07) is 11.2. The molecule has 0 spiro atoms. The van der Waals surface area contributed by atoms with Gasteiger partial charge < -0.3 is 5.32 Å². The van der Waals surface area contributed by atoms with E-state index in [2.05, 4.69) is 21.5 Å². The molecule has 0 heterocycles. The predicted molar refractivity (Wildman–Crippen MR) is 114 cm³/mol. The van der Waals surface area contributed by atoms with Crippen LogP contribution in [0.5, 0.6) is 0 Å². The van der Waals surface area contributed by atoms with Gasteiger partial charge in [0.15, 0.2) is 5.11 Å². The van der Waals surface area contributed by atoms with Gasteiger partial charge in [0.1, 0.15) is 0 Å². The van der Waals surface area contributed by atoms with Crippen molar-refractivity contribution >= 4 is 46.4 Å². The van der Waals surface area contributed by atoms with Crippen LogP contribution >= 0.6 is 12.2 Å². The molecule has 0 atom stereocenters. The Kier molecular flexibility index (Phi) is 7.94. The molecule has 0 saturated heterocycles. The van der Waals surface area contributed by atoms with E-state index in [1.54, 1.807) is 12.1 Å². The summed E-state index contributed by atoms with van der Waals surface area (Å²) in [5, 5.41) is 15.5. The zero-order valence-electron chi connectivity index (χ0n) is 15.9. The van der Waals surface area contributed by atoms with Gasteiger partial charge in [0.25, 0.3) is 17.5 Å². The Morgan fingerprint density at radius 3 is 2.07 bits per heavy atom. The van der Waals surface area contributed by atoms with Gasteiger partial charge in [-0.05, 0) is 55.0 Å². The molecular weight excluding hydrogens is 410 g/mol. The van der Waals surface area contributed by atoms with Crippen molar-refractivity contribution in [2.75, 3.05) is 5.32 Å². The van der Waals surface area contributed by atoms with Gasteiger partial charge in [-0.15, -0.1) is 0 Å². The maximum atomic E-state index is 12.1. The number of carbonyl (C=O) groups excluding carboxylic acids is 3. The number of thiocarbonyl (C=S) groups is 1. The smallest absolute Gasteiger partial charge is 0.269 e. The molecule has 0 bridgehead atoms. The van der Waals surface area contributed by atoms with E-state index in [0.29, 0.717) is 17.7 Å². The summed E-state index contributed by atoms with van der Waals surface area (Å²) in [5.74, 6) is -1.21. The largest absolute Gasteiger partial charge is 0.326 e. The average molecular weight is 429 g/mol. The Morgan fingerprint density at radius 2 is 1.50 bits per heavy atom. The number of hydrazine groups is 1. The fourth-order valence-corrected chi connectivity index (χ4v) is 2.43. The monoisotopic (exact) mass is 429 g/mol. The Balaban J connectivity index is 1.83. The molecule has 0 radical (unpaired) electrons. The third-order valence-corrected chi connectivity index (χ3v) is 3.97. The first kappa shape index (κ1) is 22.4. The molecule has 3 amide bonds. The zero-order valence-corrected chi connectivity index (χ0v) is 16.7. The number of benzene rings is 2. The van der Waals surface area contributed by atoms with Crippen molar-refractivity contribution in [2.24, 2.45) is 0 Å². The van der Waals surface area contributed by atoms with Gasteiger partial charge in [0.05, 0.1) is 4.92 Å². The molecule has 2 rings (SSSR count). The van der Waals surface area contributed by atoms with E-state index in [1.807, 2.05) is 6.92 Å². The molecule has 4 N–H and O–H groups in total. The van der Waals surface area contributed by atoms with Gasteiger partial charge in [0.2, 0.25) is 5.91 Å². The van der Waals surface area contributed by atoms with Crippen molar-refractivity contribution in [1.29, 1.82) is 0 Å². The second-order valence-corrected chi connectivity index (χ2v) is 6.45. The molecule has 0 fully saturated rings. The highest BCUT2D eigenvalue weighted by Crippen LogP contribution is 2.12. The number of hydrogen-bond donors (Lipinski definition) is 4. The summed E-state index contributed by atoms with van der Waals surface area (Å²) in [6.07, 6.45) is 1.15. The summed E-state index contributed by atoms with van der Waals surface area (Å²) < 4.78 is 0. The van der Waals surface area contributed by atoms with Crippen LogP contribution in [0.25, 0.3) is 0 Å². The molecule has 0 aliphatic carbocycles. The second-order valence-electron chi connectivity index (χ2n) is 6.04. The molecule has 0 aromatic heterocycles. The number of anilines is 1. The molecule has 156 valence electrons. The van der Waals surface area contributed by atoms with Crippen LogP contribution < -0.4 is 21.5 Å². The molecule has 10 nitrogen and oxygen atoms in total. The lowest BCUT2D eigenvalue weighted by molar-refractivity contribution is -0.384. The van der Waals surface area contributed by atoms with E-state index in [4.69, 9.17) is 12.2 Å². The van der Waals surface area contributed by atoms with Gasteiger partial charge in [-0.2, -0.15) is 0 Å². The van der Waals surface area contributed by atoms with Gasteiger partial charge in [0, 0.05) is 35.4 Å². The molecule has 0 saturated carbocycles. The molecule has 0 aliphatic rings. The number of nitrogens with one attached hydrogen (secondary N) is 4. The van der Waals surface area contributed by atoms with Crippen LogP contribution in [-0.4, -0.2) is 27.8 Å². The van der Waals surface area contributed by atoms with E-state index < -0.39 is 16.7 Å². The molecule has 0 aliphatic heterocycles. The number of nitro benzene ring substituents is 1. The highest BCUT2D eigenvalue weighted by Gasteiger charge is 2.12. The van der Waals surface area contributed by atoms with Crippen LogP contribution in [0.15, 0.2) is 48.5 Å². The molecule has 11 heteroatoms. The molecule has 0 unspecified atom stereocenters. The van der Waals surface area contributed by atoms with Gasteiger partial charge in [-0.1, -0.05) is 6.92 Å². The van der Waals surface area contributed by atoms with Crippen molar-refractivity contribution < 1.29 is 19.3 Å². The normalized spacial score (nSPS) is 9.90. The maximum absolute atomic E-state index is 12.1. The minimum Gasteiger partial charge on any atom is -0.326 e. The lowest BCUT2D eigenvalue weighted by atomic mass is 10.2. The summed E-state index contributed by atoms with van der Waals surface area (Å²) in [5.41, 5.74) is 5.63. The number of nitro groups is 1. The third-order valence-electron chi connectivity index (χ3n) is 3.76. The number of nitrogens with zero attached hydrogens (tertiary/aromatic N) is 1. The second kappa shape index (κ2) is 10.6. The molecule has 30 heavy (non-hydrogen) atoms. The van der Waals surface area contributed by atoms with E-state index in [1.165, 1.54) is 36.4 Å². The topological polar surface area (TPSA) is 142 Å². The van der Waals surface area contributed by atoms with Crippen molar-refractivity contribution in [1.82, 2.24) is 16.2 Å². The number of rotatable bonds is 6. The Morgan fingerprint density at radius 1 is 0.933 bits per heavy atom. The van der Waals surface area contributed by atoms with Gasteiger partial charge in [-0.3, -0.25) is 40.7 Å². The maximum Gasteiger partial charge on any atom is 0.269 e. The average Bonchev–Trinajstić information content (AvgIpc) is 2.72. The van der Waals surface area contributed by atoms with Crippen molar-refractivity contribution in [2.45, 2.75) is 19.8 Å². The fourth-order valence-electron chi connectivity index (χ4n) is 2.28. The summed E-state index contributed by atoms with van der Waals surface area (Å²) in [7, 11) is 0. The number of non-ortho nitro benzene ring substituents is 1. The van der Waals surface area contributed by atoms with Crippen LogP contribution in [0.4, 0.5) is 11.4 Å². The molecular formula is C19H19N5O5S. The summed E-state index contributed by atoms with van der Waals surface area (Å²) >= 11 is 4.95. The first-order valence-electron chi connectivity index (χ1n) is 8.86. The fraction of sp³-hybridized carbons (Fsp3) is 0.158. The lowest BCUT2D eigenvalue weighted by Crippen LogP contribution is -2.48. The Hall–Kier alpha value is -3.86. The lowest BCUT2D eigenvalue weighted by Gasteiger charge is -2.11. The van der Waals surface area contributed by atoms with E-state index >= 15 is 0 Å². The van der Waals surface area contributed by atoms with E-state index in [-0.39, 0.29) is 22.3 Å². The number of amides is 3. The van der Waals surface area contributed by atoms with Crippen molar-refractivity contribution in [3.05, 3.63) is 69.8 Å². The predicted octanol–water partition coefficient (Wildman–Crippen LogP) is 2.28. The minimum absolute atomic E-state index is 0.106. The number of hydrogen-bond acceptors (Lipinski definition) is 6. The van der Waals surface area contributed by atoms with E-state index in [9.17, 15) is 24.5 Å². The van der Waals surface area contributed by atoms with Crippen LogP contribution in [0, 0.1) is 10.1 Å². The highest BCUT2D eigenvalue weighted by atomic mass is 32.1. The van der Waals surface area contributed by atoms with Crippen molar-refractivity contribution in [3.63, 3.8) is 0 Å². The van der Waals surface area contributed by atoms with Crippen LogP contribution in [0.1, 0.15) is 40.5 Å². The Labute approximate surface area is 177 Å². The summed E-state index contributed by atoms with van der Waals surface area (Å²) in [4.78, 5) is 45.8. The SMILES string of the molecule is CCCC(=O)Nc1ccc(C(=O)NNC(=S)NC(=O)c2ccc([N+](=O)[O-])cc2)cc1. The van der Waals surface area contributed by atoms with Crippen LogP contribution in [0.3, 0.4) is 0 Å². The molecule has 2 aromatic rings. The third kappa shape index (κ3) is 6.63. The zero-order chi connectivity index (χ0) is 22.1.